The zero-order chi connectivity index (χ0) is 18.5. The van der Waals surface area contributed by atoms with Crippen LogP contribution in [0.15, 0.2) is 22.8 Å². The van der Waals surface area contributed by atoms with E-state index in [-0.39, 0.29) is 16.9 Å². The van der Waals surface area contributed by atoms with Crippen LogP contribution in [0.2, 0.25) is 0 Å². The van der Waals surface area contributed by atoms with Gasteiger partial charge in [0, 0.05) is 0 Å². The third-order valence-electron chi connectivity index (χ3n) is 4.73. The van der Waals surface area contributed by atoms with E-state index in [9.17, 15) is 10.1 Å². The minimum Gasteiger partial charge on any atom is -0.456 e. The molecule has 0 aromatic heterocycles. The first kappa shape index (κ1) is 20.5. The predicted molar refractivity (Wildman–Crippen MR) is 98.3 cm³/mol. The number of carbonyl (C=O) groups excluding carboxylic acids is 1. The second-order valence-electron chi connectivity index (χ2n) is 8.71. The molecule has 1 aliphatic carbocycles. The first-order valence-corrected chi connectivity index (χ1v) is 9.00. The molecular weight excluding hydrogens is 298 g/mol. The van der Waals surface area contributed by atoms with Gasteiger partial charge in [0.2, 0.25) is 0 Å². The summed E-state index contributed by atoms with van der Waals surface area (Å²) in [5, 5.41) is 9.26. The first-order valence-electron chi connectivity index (χ1n) is 9.00. The van der Waals surface area contributed by atoms with Crippen molar-refractivity contribution in [3.05, 3.63) is 22.8 Å². The molecule has 0 aliphatic heterocycles. The van der Waals surface area contributed by atoms with E-state index in [4.69, 9.17) is 4.74 Å². The summed E-state index contributed by atoms with van der Waals surface area (Å²) in [6.45, 7) is 14.4. The van der Waals surface area contributed by atoms with Crippen molar-refractivity contribution in [2.75, 3.05) is 0 Å². The fourth-order valence-corrected chi connectivity index (χ4v) is 3.45. The van der Waals surface area contributed by atoms with Gasteiger partial charge in [-0.05, 0) is 71.1 Å². The SMILES string of the molecule is CC1=C(CCC(C)C=C(C#N)C(=O)OC(C)(C)C)C(C)(C)CCC1. The summed E-state index contributed by atoms with van der Waals surface area (Å²) in [5.74, 6) is -0.351. The van der Waals surface area contributed by atoms with Gasteiger partial charge in [-0.3, -0.25) is 0 Å². The van der Waals surface area contributed by atoms with Crippen molar-refractivity contribution in [1.82, 2.24) is 0 Å². The number of hydrogen-bond donors (Lipinski definition) is 0. The first-order chi connectivity index (χ1) is 11.0. The fraction of sp³-hybridized carbons (Fsp3) is 0.714. The number of nitrogens with zero attached hydrogens (tertiary/aromatic N) is 1. The molecule has 24 heavy (non-hydrogen) atoms. The summed E-state index contributed by atoms with van der Waals surface area (Å²) in [6.07, 6.45) is 7.46. The van der Waals surface area contributed by atoms with Gasteiger partial charge in [-0.2, -0.15) is 5.26 Å². The lowest BCUT2D eigenvalue weighted by Gasteiger charge is -2.35. The van der Waals surface area contributed by atoms with Crippen LogP contribution < -0.4 is 0 Å². The van der Waals surface area contributed by atoms with Gasteiger partial charge in [0.1, 0.15) is 17.2 Å². The van der Waals surface area contributed by atoms with Crippen LogP contribution in [0.5, 0.6) is 0 Å². The fourth-order valence-electron chi connectivity index (χ4n) is 3.45. The van der Waals surface area contributed by atoms with E-state index in [1.165, 1.54) is 24.8 Å². The van der Waals surface area contributed by atoms with Gasteiger partial charge < -0.3 is 4.74 Å². The van der Waals surface area contributed by atoms with Crippen LogP contribution in [0.3, 0.4) is 0 Å². The molecule has 0 fully saturated rings. The second-order valence-corrected chi connectivity index (χ2v) is 8.71. The van der Waals surface area contributed by atoms with Crippen LogP contribution in [-0.4, -0.2) is 11.6 Å². The van der Waals surface area contributed by atoms with Gasteiger partial charge in [-0.25, -0.2) is 4.79 Å². The van der Waals surface area contributed by atoms with Gasteiger partial charge in [0.15, 0.2) is 0 Å². The molecule has 0 saturated heterocycles. The highest BCUT2D eigenvalue weighted by Crippen LogP contribution is 2.42. The zero-order valence-electron chi connectivity index (χ0n) is 16.5. The molecule has 1 atom stereocenters. The molecule has 3 nitrogen and oxygen atoms in total. The zero-order valence-corrected chi connectivity index (χ0v) is 16.5. The van der Waals surface area contributed by atoms with Crippen molar-refractivity contribution in [3.63, 3.8) is 0 Å². The lowest BCUT2D eigenvalue weighted by Crippen LogP contribution is -2.24. The average Bonchev–Trinajstić information content (AvgIpc) is 2.41. The Kier molecular flexibility index (Phi) is 6.84. The molecule has 0 aromatic carbocycles. The van der Waals surface area contributed by atoms with E-state index in [1.54, 1.807) is 11.6 Å². The Morgan fingerprint density at radius 1 is 1.42 bits per heavy atom. The number of nitriles is 1. The number of allylic oxidation sites excluding steroid dienone is 3. The van der Waals surface area contributed by atoms with Crippen LogP contribution in [0.25, 0.3) is 0 Å². The minimum absolute atomic E-state index is 0.117. The lowest BCUT2D eigenvalue weighted by atomic mass is 9.71. The number of hydrogen-bond acceptors (Lipinski definition) is 3. The highest BCUT2D eigenvalue weighted by molar-refractivity contribution is 5.92. The maximum Gasteiger partial charge on any atom is 0.349 e. The van der Waals surface area contributed by atoms with Crippen molar-refractivity contribution in [3.8, 4) is 6.07 Å². The maximum absolute atomic E-state index is 12.1. The number of ether oxygens (including phenoxy) is 1. The Hall–Kier alpha value is -1.56. The summed E-state index contributed by atoms with van der Waals surface area (Å²) in [6, 6.07) is 1.99. The van der Waals surface area contributed by atoms with Crippen LogP contribution in [0.4, 0.5) is 0 Å². The van der Waals surface area contributed by atoms with E-state index in [1.807, 2.05) is 26.8 Å². The monoisotopic (exact) mass is 331 g/mol. The largest absolute Gasteiger partial charge is 0.456 e. The summed E-state index contributed by atoms with van der Waals surface area (Å²) in [7, 11) is 0. The van der Waals surface area contributed by atoms with E-state index < -0.39 is 11.6 Å². The Morgan fingerprint density at radius 3 is 2.54 bits per heavy atom. The molecule has 0 spiro atoms. The molecule has 1 rings (SSSR count). The molecule has 0 heterocycles. The van der Waals surface area contributed by atoms with E-state index >= 15 is 0 Å². The third kappa shape index (κ3) is 6.15. The van der Waals surface area contributed by atoms with Crippen LogP contribution >= 0.6 is 0 Å². The highest BCUT2D eigenvalue weighted by atomic mass is 16.6. The predicted octanol–water partition coefficient (Wildman–Crippen LogP) is 5.72. The standard InChI is InChI=1S/C21H33NO2/c1-15(13-17(14-22)19(23)24-20(3,4)5)10-11-18-16(2)9-8-12-21(18,6)7/h13,15H,8-12H2,1-7H3. The van der Waals surface area contributed by atoms with Crippen LogP contribution in [0.1, 0.15) is 80.6 Å². The molecule has 0 aromatic rings. The molecule has 0 saturated carbocycles. The molecule has 0 radical (unpaired) electrons. The normalized spacial score (nSPS) is 19.7. The van der Waals surface area contributed by atoms with E-state index in [2.05, 4.69) is 27.7 Å². The number of esters is 1. The van der Waals surface area contributed by atoms with Crippen molar-refractivity contribution in [2.24, 2.45) is 11.3 Å². The number of rotatable bonds is 5. The van der Waals surface area contributed by atoms with Crippen molar-refractivity contribution in [1.29, 1.82) is 5.26 Å². The summed E-state index contributed by atoms with van der Waals surface area (Å²) in [4.78, 5) is 12.1. The van der Waals surface area contributed by atoms with Crippen LogP contribution in [-0.2, 0) is 9.53 Å². The Bertz CT molecular complexity index is 568. The Labute approximate surface area is 147 Å². The van der Waals surface area contributed by atoms with Gasteiger partial charge >= 0.3 is 5.97 Å². The van der Waals surface area contributed by atoms with Gasteiger partial charge in [-0.1, -0.05) is 38.0 Å². The van der Waals surface area contributed by atoms with Gasteiger partial charge in [0.05, 0.1) is 0 Å². The van der Waals surface area contributed by atoms with Crippen molar-refractivity contribution < 1.29 is 9.53 Å². The molecule has 1 unspecified atom stereocenters. The summed E-state index contributed by atoms with van der Waals surface area (Å²) >= 11 is 0. The highest BCUT2D eigenvalue weighted by Gasteiger charge is 2.28. The third-order valence-corrected chi connectivity index (χ3v) is 4.73. The molecule has 0 bridgehead atoms. The smallest absolute Gasteiger partial charge is 0.349 e. The molecular formula is C21H33NO2. The van der Waals surface area contributed by atoms with E-state index in [0.29, 0.717) is 0 Å². The van der Waals surface area contributed by atoms with Gasteiger partial charge in [0.25, 0.3) is 0 Å². The molecule has 0 N–H and O–H groups in total. The van der Waals surface area contributed by atoms with E-state index in [0.717, 1.165) is 12.8 Å². The van der Waals surface area contributed by atoms with Crippen LogP contribution in [0, 0.1) is 22.7 Å². The van der Waals surface area contributed by atoms with Crippen molar-refractivity contribution in [2.45, 2.75) is 86.2 Å². The Morgan fingerprint density at radius 2 is 2.04 bits per heavy atom. The number of carbonyl (C=O) groups is 1. The average molecular weight is 332 g/mol. The maximum atomic E-state index is 12.1. The minimum atomic E-state index is -0.579. The summed E-state index contributed by atoms with van der Waals surface area (Å²) in [5.41, 5.74) is 2.89. The topological polar surface area (TPSA) is 50.1 Å². The van der Waals surface area contributed by atoms with Gasteiger partial charge in [-0.15, -0.1) is 0 Å². The molecule has 134 valence electrons. The quantitative estimate of drug-likeness (QED) is 0.280. The molecule has 0 amide bonds. The molecule has 1 aliphatic rings. The summed E-state index contributed by atoms with van der Waals surface area (Å²) < 4.78 is 5.30. The molecule has 3 heteroatoms. The van der Waals surface area contributed by atoms with Crippen molar-refractivity contribution >= 4 is 5.97 Å². The second kappa shape index (κ2) is 8.01. The lowest BCUT2D eigenvalue weighted by molar-refractivity contribution is -0.149. The Balaban J connectivity index is 2.75.